The number of ether oxygens (including phenoxy) is 1. The molecule has 9 heteroatoms. The number of piperazine rings is 1. The van der Waals surface area contributed by atoms with Crippen molar-refractivity contribution >= 4 is 29.3 Å². The summed E-state index contributed by atoms with van der Waals surface area (Å²) in [5, 5.41) is 4.31. The van der Waals surface area contributed by atoms with Gasteiger partial charge in [0, 0.05) is 56.0 Å². The maximum Gasteiger partial charge on any atom is 0.410 e. The molecule has 1 aliphatic carbocycles. The summed E-state index contributed by atoms with van der Waals surface area (Å²) in [6, 6.07) is 22.7. The molecule has 2 heterocycles. The van der Waals surface area contributed by atoms with Gasteiger partial charge >= 0.3 is 6.09 Å². The number of likely N-dealkylation sites (N-methyl/N-ethyl adjacent to an activating group) is 1. The molecule has 3 aliphatic rings. The van der Waals surface area contributed by atoms with Gasteiger partial charge in [-0.1, -0.05) is 60.1 Å². The molecule has 0 spiro atoms. The number of nitrogens with one attached hydrogen (secondary N) is 1. The van der Waals surface area contributed by atoms with E-state index in [0.29, 0.717) is 50.1 Å². The molecule has 0 bridgehead atoms. The zero-order valence-corrected chi connectivity index (χ0v) is 30.5. The van der Waals surface area contributed by atoms with E-state index in [1.807, 2.05) is 67.0 Å². The average Bonchev–Trinajstić information content (AvgIpc) is 3.09. The Morgan fingerprint density at radius 2 is 1.61 bits per heavy atom. The van der Waals surface area contributed by atoms with Crippen LogP contribution < -0.4 is 10.2 Å². The van der Waals surface area contributed by atoms with E-state index in [-0.39, 0.29) is 18.0 Å². The Morgan fingerprint density at radius 1 is 0.918 bits per heavy atom. The molecule has 1 saturated heterocycles. The summed E-state index contributed by atoms with van der Waals surface area (Å²) in [5.41, 5.74) is 7.06. The molecule has 1 N–H and O–H groups in total. The van der Waals surface area contributed by atoms with Crippen molar-refractivity contribution in [3.8, 4) is 0 Å². The van der Waals surface area contributed by atoms with Crippen molar-refractivity contribution in [1.29, 1.82) is 0 Å². The Bertz CT molecular complexity index is 1610. The van der Waals surface area contributed by atoms with Gasteiger partial charge in [0.05, 0.1) is 12.1 Å². The largest absolute Gasteiger partial charge is 0.444 e. The third-order valence-corrected chi connectivity index (χ3v) is 10.6. The molecule has 2 amide bonds. The number of nitrogens with zero attached hydrogens (tertiary/aromatic N) is 4. The van der Waals surface area contributed by atoms with E-state index in [4.69, 9.17) is 16.3 Å². The van der Waals surface area contributed by atoms with Crippen LogP contribution in [-0.4, -0.2) is 97.2 Å². The van der Waals surface area contributed by atoms with Crippen molar-refractivity contribution in [3.63, 3.8) is 0 Å². The predicted molar refractivity (Wildman–Crippen MR) is 197 cm³/mol. The second-order valence-corrected chi connectivity index (χ2v) is 15.6. The number of halogens is 1. The number of hydrogen-bond acceptors (Lipinski definition) is 6. The SMILES string of the molecule is CN(C)C1CCc2cccc(N3CCN(C(=O)[C@@H](Cc4ccc(Cl)cc4)NC[C@H]4Cc5ccccc5CN4C(=O)OC(C)(C)C)CC3)c2C1. The lowest BCUT2D eigenvalue weighted by Crippen LogP contribution is -2.57. The zero-order valence-electron chi connectivity index (χ0n) is 29.8. The average molecular weight is 686 g/mol. The maximum absolute atomic E-state index is 14.3. The number of benzene rings is 3. The minimum atomic E-state index is -0.603. The van der Waals surface area contributed by atoms with Crippen LogP contribution in [0.5, 0.6) is 0 Å². The predicted octanol–water partition coefficient (Wildman–Crippen LogP) is 5.97. The molecule has 0 radical (unpaired) electrons. The maximum atomic E-state index is 14.3. The summed E-state index contributed by atoms with van der Waals surface area (Å²) in [6.45, 7) is 9.56. The number of fused-ring (bicyclic) bond motifs is 2. The summed E-state index contributed by atoms with van der Waals surface area (Å²) >= 11 is 6.21. The Morgan fingerprint density at radius 3 is 2.31 bits per heavy atom. The van der Waals surface area contributed by atoms with Crippen LogP contribution in [0.25, 0.3) is 0 Å². The van der Waals surface area contributed by atoms with E-state index in [2.05, 4.69) is 59.5 Å². The molecule has 8 nitrogen and oxygen atoms in total. The van der Waals surface area contributed by atoms with E-state index >= 15 is 0 Å². The van der Waals surface area contributed by atoms with E-state index < -0.39 is 11.6 Å². The molecule has 6 rings (SSSR count). The van der Waals surface area contributed by atoms with Crippen molar-refractivity contribution in [1.82, 2.24) is 20.0 Å². The van der Waals surface area contributed by atoms with E-state index in [9.17, 15) is 9.59 Å². The Kier molecular flexibility index (Phi) is 10.9. The highest BCUT2D eigenvalue weighted by atomic mass is 35.5. The smallest absolute Gasteiger partial charge is 0.410 e. The number of rotatable bonds is 8. The fraction of sp³-hybridized carbons (Fsp3) is 0.500. The number of anilines is 1. The standard InChI is InChI=1S/C40H52ClN5O3/c1-40(2,3)49-39(48)46-27-31-10-7-6-9-30(31)24-34(46)26-42-36(23-28-13-16-32(41)17-14-28)38(47)45-21-19-44(20-22-45)37-12-8-11-29-15-18-33(43(4)5)25-35(29)37/h6-14,16-17,33-34,36,42H,15,18-27H2,1-5H3/t33?,34-,36-/m1/s1. The first-order valence-corrected chi connectivity index (χ1v) is 18.2. The van der Waals surface area contributed by atoms with Gasteiger partial charge in [0.25, 0.3) is 0 Å². The fourth-order valence-electron chi connectivity index (χ4n) is 7.56. The Hall–Kier alpha value is -3.59. The Balaban J connectivity index is 1.17. The van der Waals surface area contributed by atoms with E-state index in [1.54, 1.807) is 0 Å². The van der Waals surface area contributed by atoms with Crippen LogP contribution in [0.2, 0.25) is 5.02 Å². The second kappa shape index (κ2) is 15.1. The molecular weight excluding hydrogens is 634 g/mol. The van der Waals surface area contributed by atoms with Gasteiger partial charge < -0.3 is 24.8 Å². The molecule has 1 fully saturated rings. The quantitative estimate of drug-likeness (QED) is 0.315. The first-order valence-electron chi connectivity index (χ1n) is 17.8. The van der Waals surface area contributed by atoms with Crippen molar-refractivity contribution in [2.24, 2.45) is 0 Å². The monoisotopic (exact) mass is 685 g/mol. The fourth-order valence-corrected chi connectivity index (χ4v) is 7.69. The van der Waals surface area contributed by atoms with Crippen molar-refractivity contribution in [2.45, 2.75) is 83.1 Å². The van der Waals surface area contributed by atoms with Crippen molar-refractivity contribution < 1.29 is 14.3 Å². The number of hydrogen-bond donors (Lipinski definition) is 1. The van der Waals surface area contributed by atoms with Gasteiger partial charge in [-0.25, -0.2) is 4.79 Å². The minimum Gasteiger partial charge on any atom is -0.444 e. The van der Waals surface area contributed by atoms with Gasteiger partial charge in [0.1, 0.15) is 5.60 Å². The number of carbonyl (C=O) groups excluding carboxylic acids is 2. The van der Waals surface area contributed by atoms with Gasteiger partial charge in [0.15, 0.2) is 0 Å². The Labute approximate surface area is 297 Å². The molecule has 262 valence electrons. The van der Waals surface area contributed by atoms with Crippen molar-refractivity contribution in [2.75, 3.05) is 51.7 Å². The first kappa shape index (κ1) is 35.2. The van der Waals surface area contributed by atoms with Crippen LogP contribution in [0.4, 0.5) is 10.5 Å². The summed E-state index contributed by atoms with van der Waals surface area (Å²) in [4.78, 5) is 36.5. The molecule has 3 atom stereocenters. The van der Waals surface area contributed by atoms with Crippen LogP contribution in [-0.2, 0) is 41.8 Å². The van der Waals surface area contributed by atoms with E-state index in [1.165, 1.54) is 28.8 Å². The molecular formula is C40H52ClN5O3. The molecule has 0 saturated carbocycles. The lowest BCUT2D eigenvalue weighted by molar-refractivity contribution is -0.133. The van der Waals surface area contributed by atoms with Crippen LogP contribution in [0, 0.1) is 0 Å². The lowest BCUT2D eigenvalue weighted by atomic mass is 9.86. The lowest BCUT2D eigenvalue weighted by Gasteiger charge is -2.41. The van der Waals surface area contributed by atoms with Gasteiger partial charge in [0.2, 0.25) is 5.91 Å². The molecule has 0 aromatic heterocycles. The molecule has 3 aromatic carbocycles. The normalized spacial score (nSPS) is 20.1. The summed E-state index contributed by atoms with van der Waals surface area (Å²) in [5.74, 6) is 0.0948. The summed E-state index contributed by atoms with van der Waals surface area (Å²) < 4.78 is 5.84. The van der Waals surface area contributed by atoms with Crippen LogP contribution in [0.1, 0.15) is 55.0 Å². The minimum absolute atomic E-state index is 0.0948. The highest BCUT2D eigenvalue weighted by Gasteiger charge is 2.35. The van der Waals surface area contributed by atoms with Gasteiger partial charge in [-0.2, -0.15) is 0 Å². The van der Waals surface area contributed by atoms with Crippen molar-refractivity contribution in [3.05, 3.63) is 99.6 Å². The highest BCUT2D eigenvalue weighted by molar-refractivity contribution is 6.30. The third-order valence-electron chi connectivity index (χ3n) is 10.3. The first-order chi connectivity index (χ1) is 23.4. The van der Waals surface area contributed by atoms with E-state index in [0.717, 1.165) is 37.1 Å². The summed E-state index contributed by atoms with van der Waals surface area (Å²) in [6.07, 6.45) is 4.27. The van der Waals surface area contributed by atoms with Gasteiger partial charge in [-0.3, -0.25) is 9.69 Å². The molecule has 3 aromatic rings. The summed E-state index contributed by atoms with van der Waals surface area (Å²) in [7, 11) is 4.36. The van der Waals surface area contributed by atoms with Crippen LogP contribution >= 0.6 is 11.6 Å². The topological polar surface area (TPSA) is 68.4 Å². The molecule has 49 heavy (non-hydrogen) atoms. The number of amides is 2. The molecule has 2 aliphatic heterocycles. The van der Waals surface area contributed by atoms with Crippen LogP contribution in [0.15, 0.2) is 66.7 Å². The number of carbonyl (C=O) groups is 2. The van der Waals surface area contributed by atoms with Gasteiger partial charge in [-0.05, 0) is 113 Å². The van der Waals surface area contributed by atoms with Gasteiger partial charge in [-0.15, -0.1) is 0 Å². The third kappa shape index (κ3) is 8.59. The zero-order chi connectivity index (χ0) is 34.7. The van der Waals surface area contributed by atoms with Crippen LogP contribution in [0.3, 0.4) is 0 Å². The highest BCUT2D eigenvalue weighted by Crippen LogP contribution is 2.33. The molecule has 1 unspecified atom stereocenters. The second-order valence-electron chi connectivity index (χ2n) is 15.1. The number of aryl methyl sites for hydroxylation is 1.